The number of hydrogen-bond donors (Lipinski definition) is 1. The predicted molar refractivity (Wildman–Crippen MR) is 106 cm³/mol. The zero-order chi connectivity index (χ0) is 17.5. The Kier molecular flexibility index (Phi) is 5.32. The molecule has 3 aromatic rings. The Morgan fingerprint density at radius 3 is 1.80 bits per heavy atom. The van der Waals surface area contributed by atoms with Gasteiger partial charge in [0.15, 0.2) is 0 Å². The summed E-state index contributed by atoms with van der Waals surface area (Å²) in [5.74, 6) is 0. The van der Waals surface area contributed by atoms with Crippen LogP contribution in [0.2, 0.25) is 5.02 Å². The lowest BCUT2D eigenvalue weighted by Gasteiger charge is -2.32. The Hall–Kier alpha value is -2.84. The number of nitrogens with two attached hydrogens (primary N) is 1. The minimum absolute atomic E-state index is 0.670. The normalized spacial score (nSPS) is 12.0. The van der Waals surface area contributed by atoms with Crippen molar-refractivity contribution < 1.29 is 0 Å². The van der Waals surface area contributed by atoms with Crippen molar-refractivity contribution in [1.82, 2.24) is 0 Å². The van der Waals surface area contributed by atoms with Crippen LogP contribution in [0, 0.1) is 0 Å². The van der Waals surface area contributed by atoms with Gasteiger partial charge in [0, 0.05) is 16.8 Å². The second-order valence-electron chi connectivity index (χ2n) is 5.59. The minimum Gasteiger partial charge on any atom is -0.405 e. The molecule has 2 nitrogen and oxygen atoms in total. The summed E-state index contributed by atoms with van der Waals surface area (Å²) in [6, 6.07) is 28.1. The van der Waals surface area contributed by atoms with E-state index in [1.807, 2.05) is 60.7 Å². The SMILES string of the molecule is NC=CC=NC(c1ccccc1)(c1ccccc1)c1ccccc1Cl. The van der Waals surface area contributed by atoms with Crippen molar-refractivity contribution in [3.8, 4) is 0 Å². The average Bonchev–Trinajstić information content (AvgIpc) is 2.68. The van der Waals surface area contributed by atoms with Crippen molar-refractivity contribution in [1.29, 1.82) is 0 Å². The first kappa shape index (κ1) is 17.0. The van der Waals surface area contributed by atoms with E-state index in [-0.39, 0.29) is 0 Å². The molecule has 0 aromatic heterocycles. The lowest BCUT2D eigenvalue weighted by molar-refractivity contribution is 0.660. The van der Waals surface area contributed by atoms with Gasteiger partial charge in [0.25, 0.3) is 0 Å². The molecule has 0 bridgehead atoms. The van der Waals surface area contributed by atoms with Gasteiger partial charge in [-0.2, -0.15) is 0 Å². The fourth-order valence-electron chi connectivity index (χ4n) is 3.01. The second-order valence-corrected chi connectivity index (χ2v) is 5.99. The van der Waals surface area contributed by atoms with Crippen LogP contribution in [0.15, 0.2) is 102 Å². The molecule has 25 heavy (non-hydrogen) atoms. The molecule has 0 heterocycles. The van der Waals surface area contributed by atoms with Crippen molar-refractivity contribution in [3.05, 3.63) is 119 Å². The van der Waals surface area contributed by atoms with Crippen LogP contribution in [0.25, 0.3) is 0 Å². The molecule has 0 aliphatic carbocycles. The molecule has 0 radical (unpaired) electrons. The summed E-state index contributed by atoms with van der Waals surface area (Å²) in [6.45, 7) is 0. The molecule has 0 unspecified atom stereocenters. The van der Waals surface area contributed by atoms with Crippen LogP contribution < -0.4 is 5.73 Å². The van der Waals surface area contributed by atoms with Crippen LogP contribution >= 0.6 is 11.6 Å². The van der Waals surface area contributed by atoms with Crippen molar-refractivity contribution in [3.63, 3.8) is 0 Å². The molecule has 3 heteroatoms. The molecular weight excluding hydrogens is 328 g/mol. The Labute approximate surface area is 153 Å². The quantitative estimate of drug-likeness (QED) is 0.502. The van der Waals surface area contributed by atoms with E-state index in [1.165, 1.54) is 6.20 Å². The Balaban J connectivity index is 2.38. The highest BCUT2D eigenvalue weighted by Crippen LogP contribution is 2.43. The maximum absolute atomic E-state index is 6.60. The predicted octanol–water partition coefficient (Wildman–Crippen LogP) is 5.18. The lowest BCUT2D eigenvalue weighted by atomic mass is 9.77. The molecule has 3 aromatic carbocycles. The van der Waals surface area contributed by atoms with Crippen LogP contribution in [0.1, 0.15) is 16.7 Å². The number of rotatable bonds is 5. The second kappa shape index (κ2) is 7.82. The zero-order valence-electron chi connectivity index (χ0n) is 13.7. The van der Waals surface area contributed by atoms with Crippen molar-refractivity contribution >= 4 is 17.8 Å². The third-order valence-electron chi connectivity index (χ3n) is 4.11. The molecule has 0 spiro atoms. The van der Waals surface area contributed by atoms with Crippen LogP contribution in [0.3, 0.4) is 0 Å². The number of benzene rings is 3. The highest BCUT2D eigenvalue weighted by atomic mass is 35.5. The topological polar surface area (TPSA) is 38.4 Å². The summed E-state index contributed by atoms with van der Waals surface area (Å²) in [5, 5.41) is 0.670. The maximum Gasteiger partial charge on any atom is 0.137 e. The first-order valence-electron chi connectivity index (χ1n) is 8.07. The van der Waals surface area contributed by atoms with Gasteiger partial charge in [-0.3, -0.25) is 4.99 Å². The van der Waals surface area contributed by atoms with Gasteiger partial charge in [-0.15, -0.1) is 0 Å². The van der Waals surface area contributed by atoms with Gasteiger partial charge in [0.1, 0.15) is 5.54 Å². The summed E-state index contributed by atoms with van der Waals surface area (Å²) in [5.41, 5.74) is 7.76. The highest BCUT2D eigenvalue weighted by molar-refractivity contribution is 6.31. The van der Waals surface area contributed by atoms with E-state index in [2.05, 4.69) is 24.3 Å². The van der Waals surface area contributed by atoms with E-state index in [0.29, 0.717) is 5.02 Å². The molecule has 3 rings (SSSR count). The third-order valence-corrected chi connectivity index (χ3v) is 4.44. The van der Waals surface area contributed by atoms with E-state index in [9.17, 15) is 0 Å². The molecule has 0 saturated carbocycles. The first-order valence-corrected chi connectivity index (χ1v) is 8.45. The smallest absolute Gasteiger partial charge is 0.137 e. The van der Waals surface area contributed by atoms with Gasteiger partial charge in [-0.1, -0.05) is 90.5 Å². The number of allylic oxidation sites excluding steroid dienone is 1. The van der Waals surface area contributed by atoms with Crippen molar-refractivity contribution in [2.24, 2.45) is 10.7 Å². The van der Waals surface area contributed by atoms with E-state index >= 15 is 0 Å². The van der Waals surface area contributed by atoms with Gasteiger partial charge < -0.3 is 5.73 Å². The van der Waals surface area contributed by atoms with Gasteiger partial charge in [0.2, 0.25) is 0 Å². The van der Waals surface area contributed by atoms with Gasteiger partial charge in [-0.25, -0.2) is 0 Å². The Bertz CT molecular complexity index is 831. The summed E-state index contributed by atoms with van der Waals surface area (Å²) in [4.78, 5) is 4.94. The molecule has 2 N–H and O–H groups in total. The molecule has 0 aliphatic rings. The zero-order valence-corrected chi connectivity index (χ0v) is 14.5. The molecule has 0 saturated heterocycles. The van der Waals surface area contributed by atoms with Crippen LogP contribution in [0.4, 0.5) is 0 Å². The van der Waals surface area contributed by atoms with Crippen LogP contribution in [0.5, 0.6) is 0 Å². The van der Waals surface area contributed by atoms with Crippen LogP contribution in [-0.4, -0.2) is 6.21 Å². The van der Waals surface area contributed by atoms with Crippen LogP contribution in [-0.2, 0) is 5.54 Å². The van der Waals surface area contributed by atoms with E-state index in [4.69, 9.17) is 22.3 Å². The van der Waals surface area contributed by atoms with Crippen molar-refractivity contribution in [2.75, 3.05) is 0 Å². The number of nitrogens with zero attached hydrogens (tertiary/aromatic N) is 1. The number of aliphatic imine (C=N–C) groups is 1. The molecule has 0 amide bonds. The standard InChI is InChI=1S/C22H19ClN2/c23-21-15-8-7-14-20(21)22(25-17-9-16-24,18-10-3-1-4-11-18)19-12-5-2-6-13-19/h1-17H,24H2. The molecule has 0 fully saturated rings. The fourth-order valence-corrected chi connectivity index (χ4v) is 3.29. The average molecular weight is 347 g/mol. The minimum atomic E-state index is -0.750. The molecule has 0 aliphatic heterocycles. The summed E-state index contributed by atoms with van der Waals surface area (Å²) in [6.07, 6.45) is 4.91. The molecule has 124 valence electrons. The summed E-state index contributed by atoms with van der Waals surface area (Å²) in [7, 11) is 0. The molecular formula is C22H19ClN2. The Morgan fingerprint density at radius 1 is 0.760 bits per heavy atom. The lowest BCUT2D eigenvalue weighted by Crippen LogP contribution is -2.27. The van der Waals surface area contributed by atoms with Gasteiger partial charge in [0.05, 0.1) is 0 Å². The Morgan fingerprint density at radius 2 is 1.28 bits per heavy atom. The highest BCUT2D eigenvalue weighted by Gasteiger charge is 2.36. The fraction of sp³-hybridized carbons (Fsp3) is 0.0455. The first-order chi connectivity index (χ1) is 12.3. The largest absolute Gasteiger partial charge is 0.405 e. The monoisotopic (exact) mass is 346 g/mol. The van der Waals surface area contributed by atoms with E-state index in [0.717, 1.165) is 16.7 Å². The number of hydrogen-bond acceptors (Lipinski definition) is 2. The molecule has 0 atom stereocenters. The van der Waals surface area contributed by atoms with Gasteiger partial charge >= 0.3 is 0 Å². The number of halogens is 1. The van der Waals surface area contributed by atoms with Gasteiger partial charge in [-0.05, 0) is 29.5 Å². The van der Waals surface area contributed by atoms with Crippen molar-refractivity contribution in [2.45, 2.75) is 5.54 Å². The van der Waals surface area contributed by atoms with E-state index < -0.39 is 5.54 Å². The summed E-state index contributed by atoms with van der Waals surface area (Å²) >= 11 is 6.60. The third kappa shape index (κ3) is 3.35. The van der Waals surface area contributed by atoms with E-state index in [1.54, 1.807) is 12.3 Å². The maximum atomic E-state index is 6.60. The summed E-state index contributed by atoms with van der Waals surface area (Å²) < 4.78 is 0.